The van der Waals surface area contributed by atoms with E-state index in [9.17, 15) is 14.4 Å². The maximum atomic E-state index is 13.3. The standard InChI is InChI=1S/C26H36N6O3/c1-18(2)23(25(35)31-21(17-33)14-9-15-29-26(27)28)32-24(34)22(16-19-10-5-3-6-11-19)30-20-12-7-4-8-13-20/h3-8,10-13,17-18,21-23,30H,9,14-16H2,1-2H3,(H,31,35)(H,32,34)(H4,27,28,29)/t21-,22-,23-/m0/s1. The second kappa shape index (κ2) is 14.4. The molecule has 0 radical (unpaired) electrons. The fraction of sp³-hybridized carbons (Fsp3) is 0.385. The van der Waals surface area contributed by atoms with Gasteiger partial charge in [-0.25, -0.2) is 0 Å². The lowest BCUT2D eigenvalue weighted by atomic mass is 10.00. The van der Waals surface area contributed by atoms with Gasteiger partial charge in [0.25, 0.3) is 0 Å². The number of guanidine groups is 1. The fourth-order valence-corrected chi connectivity index (χ4v) is 3.55. The molecule has 0 saturated carbocycles. The van der Waals surface area contributed by atoms with Crippen LogP contribution in [0.4, 0.5) is 5.69 Å². The molecule has 9 heteroatoms. The number of nitrogens with two attached hydrogens (primary N) is 2. The SMILES string of the molecule is CC(C)[C@H](NC(=O)[C@H](Cc1ccccc1)Nc1ccccc1)C(=O)N[C@H](C=O)CCCN=C(N)N. The number of hydrogen-bond acceptors (Lipinski definition) is 5. The number of carbonyl (C=O) groups excluding carboxylic acids is 3. The van der Waals surface area contributed by atoms with Gasteiger partial charge in [0, 0.05) is 18.7 Å². The number of hydrogen-bond donors (Lipinski definition) is 5. The van der Waals surface area contributed by atoms with Gasteiger partial charge in [0.1, 0.15) is 18.4 Å². The summed E-state index contributed by atoms with van der Waals surface area (Å²) in [7, 11) is 0. The molecule has 0 spiro atoms. The normalized spacial score (nSPS) is 13.2. The highest BCUT2D eigenvalue weighted by Gasteiger charge is 2.29. The van der Waals surface area contributed by atoms with E-state index < -0.39 is 24.0 Å². The lowest BCUT2D eigenvalue weighted by Gasteiger charge is -2.27. The summed E-state index contributed by atoms with van der Waals surface area (Å²) in [6.07, 6.45) is 2.04. The molecular formula is C26H36N6O3. The smallest absolute Gasteiger partial charge is 0.243 e. The maximum Gasteiger partial charge on any atom is 0.243 e. The summed E-state index contributed by atoms with van der Waals surface area (Å²) >= 11 is 0. The second-order valence-electron chi connectivity index (χ2n) is 8.68. The van der Waals surface area contributed by atoms with E-state index in [-0.39, 0.29) is 17.8 Å². The fourth-order valence-electron chi connectivity index (χ4n) is 3.55. The van der Waals surface area contributed by atoms with E-state index in [4.69, 9.17) is 11.5 Å². The average Bonchev–Trinajstić information content (AvgIpc) is 2.84. The first-order valence-electron chi connectivity index (χ1n) is 11.8. The Bertz CT molecular complexity index is 920. The first kappa shape index (κ1) is 27.4. The van der Waals surface area contributed by atoms with Crippen LogP contribution in [0.1, 0.15) is 32.3 Å². The monoisotopic (exact) mass is 480 g/mol. The van der Waals surface area contributed by atoms with Gasteiger partial charge in [0.05, 0.1) is 6.04 Å². The Hall–Kier alpha value is -3.88. The number of anilines is 1. The minimum atomic E-state index is -0.807. The van der Waals surface area contributed by atoms with Gasteiger partial charge in [-0.15, -0.1) is 0 Å². The van der Waals surface area contributed by atoms with Crippen molar-refractivity contribution in [2.24, 2.45) is 22.4 Å². The van der Waals surface area contributed by atoms with Crippen LogP contribution in [-0.2, 0) is 20.8 Å². The largest absolute Gasteiger partial charge is 0.373 e. The van der Waals surface area contributed by atoms with E-state index in [1.165, 1.54) is 0 Å². The van der Waals surface area contributed by atoms with E-state index >= 15 is 0 Å². The minimum Gasteiger partial charge on any atom is -0.373 e. The summed E-state index contributed by atoms with van der Waals surface area (Å²) in [5, 5.41) is 8.88. The second-order valence-corrected chi connectivity index (χ2v) is 8.68. The van der Waals surface area contributed by atoms with Gasteiger partial charge >= 0.3 is 0 Å². The third-order valence-corrected chi connectivity index (χ3v) is 5.42. The van der Waals surface area contributed by atoms with E-state index in [0.29, 0.717) is 32.1 Å². The summed E-state index contributed by atoms with van der Waals surface area (Å²) in [4.78, 5) is 41.7. The number of aldehydes is 1. The number of nitrogens with one attached hydrogen (secondary N) is 3. The summed E-state index contributed by atoms with van der Waals surface area (Å²) in [6.45, 7) is 4.05. The van der Waals surface area contributed by atoms with Gasteiger partial charge in [-0.3, -0.25) is 14.6 Å². The molecule has 0 heterocycles. The van der Waals surface area contributed by atoms with E-state index in [0.717, 1.165) is 11.3 Å². The summed E-state index contributed by atoms with van der Waals surface area (Å²) < 4.78 is 0. The average molecular weight is 481 g/mol. The van der Waals surface area contributed by atoms with E-state index in [2.05, 4.69) is 20.9 Å². The molecule has 0 aromatic heterocycles. The Balaban J connectivity index is 2.08. The van der Waals surface area contributed by atoms with Crippen LogP contribution in [0.15, 0.2) is 65.7 Å². The van der Waals surface area contributed by atoms with Crippen molar-refractivity contribution in [3.8, 4) is 0 Å². The van der Waals surface area contributed by atoms with Gasteiger partial charge in [-0.2, -0.15) is 0 Å². The lowest BCUT2D eigenvalue weighted by molar-refractivity contribution is -0.131. The van der Waals surface area contributed by atoms with Crippen molar-refractivity contribution >= 4 is 29.7 Å². The zero-order valence-electron chi connectivity index (χ0n) is 20.3. The molecule has 2 aromatic carbocycles. The van der Waals surface area contributed by atoms with Gasteiger partial charge < -0.3 is 32.2 Å². The Kier molecular flexibility index (Phi) is 11.3. The predicted molar refractivity (Wildman–Crippen MR) is 139 cm³/mol. The number of nitrogens with zero attached hydrogens (tertiary/aromatic N) is 1. The molecule has 0 aliphatic rings. The molecule has 0 bridgehead atoms. The minimum absolute atomic E-state index is 0.0200. The van der Waals surface area contributed by atoms with Crippen LogP contribution in [0.3, 0.4) is 0 Å². The highest BCUT2D eigenvalue weighted by molar-refractivity contribution is 5.92. The predicted octanol–water partition coefficient (Wildman–Crippen LogP) is 1.59. The molecule has 7 N–H and O–H groups in total. The van der Waals surface area contributed by atoms with Crippen LogP contribution in [0.2, 0.25) is 0 Å². The molecule has 0 unspecified atom stereocenters. The van der Waals surface area contributed by atoms with Crippen molar-refractivity contribution in [1.82, 2.24) is 10.6 Å². The Morgan fingerprint density at radius 3 is 2.14 bits per heavy atom. The van der Waals surface area contributed by atoms with E-state index in [1.807, 2.05) is 74.5 Å². The van der Waals surface area contributed by atoms with Crippen molar-refractivity contribution in [3.05, 3.63) is 66.2 Å². The van der Waals surface area contributed by atoms with Crippen LogP contribution in [0.5, 0.6) is 0 Å². The Labute approximate surface area is 206 Å². The Morgan fingerprint density at radius 1 is 0.943 bits per heavy atom. The van der Waals surface area contributed by atoms with Crippen LogP contribution in [0.25, 0.3) is 0 Å². The van der Waals surface area contributed by atoms with Gasteiger partial charge in [0.2, 0.25) is 11.8 Å². The van der Waals surface area contributed by atoms with Crippen LogP contribution < -0.4 is 27.4 Å². The van der Waals surface area contributed by atoms with Crippen molar-refractivity contribution in [3.63, 3.8) is 0 Å². The lowest BCUT2D eigenvalue weighted by Crippen LogP contribution is -2.55. The third kappa shape index (κ3) is 9.87. The first-order valence-corrected chi connectivity index (χ1v) is 11.8. The molecular weight excluding hydrogens is 444 g/mol. The van der Waals surface area contributed by atoms with Crippen molar-refractivity contribution in [2.45, 2.75) is 51.2 Å². The van der Waals surface area contributed by atoms with Crippen molar-refractivity contribution < 1.29 is 14.4 Å². The molecule has 0 fully saturated rings. The number of rotatable bonds is 14. The number of carbonyl (C=O) groups is 3. The topological polar surface area (TPSA) is 152 Å². The number of aliphatic imine (C=N–C) groups is 1. The molecule has 3 atom stereocenters. The molecule has 188 valence electrons. The molecule has 2 rings (SSSR count). The molecule has 9 nitrogen and oxygen atoms in total. The molecule has 0 saturated heterocycles. The van der Waals surface area contributed by atoms with Crippen LogP contribution in [-0.4, -0.2) is 48.7 Å². The van der Waals surface area contributed by atoms with Gasteiger partial charge in [0.15, 0.2) is 5.96 Å². The molecule has 0 aliphatic carbocycles. The van der Waals surface area contributed by atoms with Crippen molar-refractivity contribution in [1.29, 1.82) is 0 Å². The van der Waals surface area contributed by atoms with Crippen molar-refractivity contribution in [2.75, 3.05) is 11.9 Å². The first-order chi connectivity index (χ1) is 16.8. The quantitative estimate of drug-likeness (QED) is 0.120. The van der Waals surface area contributed by atoms with Gasteiger partial charge in [-0.05, 0) is 36.5 Å². The summed E-state index contributed by atoms with van der Waals surface area (Å²) in [6, 6.07) is 17.0. The van der Waals surface area contributed by atoms with Crippen LogP contribution in [0, 0.1) is 5.92 Å². The number of amides is 2. The summed E-state index contributed by atoms with van der Waals surface area (Å²) in [5.41, 5.74) is 12.4. The molecule has 0 aliphatic heterocycles. The maximum absolute atomic E-state index is 13.3. The number of para-hydroxylation sites is 1. The molecule has 2 aromatic rings. The summed E-state index contributed by atoms with van der Waals surface area (Å²) in [5.74, 6) is -0.928. The highest BCUT2D eigenvalue weighted by atomic mass is 16.2. The van der Waals surface area contributed by atoms with Crippen LogP contribution >= 0.6 is 0 Å². The Morgan fingerprint density at radius 2 is 1.57 bits per heavy atom. The third-order valence-electron chi connectivity index (χ3n) is 5.42. The highest BCUT2D eigenvalue weighted by Crippen LogP contribution is 2.13. The van der Waals surface area contributed by atoms with E-state index in [1.54, 1.807) is 0 Å². The molecule has 35 heavy (non-hydrogen) atoms. The number of benzene rings is 2. The zero-order chi connectivity index (χ0) is 25.6. The molecule has 2 amide bonds. The van der Waals surface area contributed by atoms with Gasteiger partial charge in [-0.1, -0.05) is 62.4 Å². The zero-order valence-corrected chi connectivity index (χ0v) is 20.3.